The Morgan fingerprint density at radius 3 is 2.69 bits per heavy atom. The zero-order valence-electron chi connectivity index (χ0n) is 21.3. The van der Waals surface area contributed by atoms with Crippen LogP contribution in [0.4, 0.5) is 0 Å². The van der Waals surface area contributed by atoms with Crippen molar-refractivity contribution in [3.05, 3.63) is 33.8 Å². The highest BCUT2D eigenvalue weighted by Gasteiger charge is 2.49. The van der Waals surface area contributed by atoms with Crippen molar-refractivity contribution in [2.45, 2.75) is 57.0 Å². The molecular formula is C26H40Cl2N4O2S2. The summed E-state index contributed by atoms with van der Waals surface area (Å²) < 4.78 is 0. The summed E-state index contributed by atoms with van der Waals surface area (Å²) in [6, 6.07) is 7.00. The monoisotopic (exact) mass is 574 g/mol. The fraction of sp³-hybridized carbons (Fsp3) is 0.692. The Labute approximate surface area is 237 Å². The lowest BCUT2D eigenvalue weighted by Gasteiger charge is -2.45. The minimum atomic E-state index is 0.0526. The third-order valence-electron chi connectivity index (χ3n) is 7.50. The fourth-order valence-corrected chi connectivity index (χ4v) is 6.72. The van der Waals surface area contributed by atoms with E-state index in [1.54, 1.807) is 7.11 Å². The second-order valence-electron chi connectivity index (χ2n) is 9.62. The SMILES string of the molecule is CC/C(=N\OC)[C@@H]1C2CCC(C[C@@H]1c1ccc(Cl)c(Cl)c1)N2CCCN(CCS)CC(=O)NCCS. The first-order chi connectivity index (χ1) is 17.4. The molecule has 2 unspecified atom stereocenters. The van der Waals surface area contributed by atoms with Crippen LogP contribution in [0.2, 0.25) is 10.0 Å². The highest BCUT2D eigenvalue weighted by atomic mass is 35.5. The molecule has 2 bridgehead atoms. The van der Waals surface area contributed by atoms with Gasteiger partial charge in [0.2, 0.25) is 5.91 Å². The molecule has 0 saturated carbocycles. The molecule has 3 rings (SSSR count). The molecular weight excluding hydrogens is 535 g/mol. The normalized spacial score (nSPS) is 24.4. The van der Waals surface area contributed by atoms with Crippen LogP contribution in [0.25, 0.3) is 0 Å². The molecule has 2 saturated heterocycles. The van der Waals surface area contributed by atoms with Gasteiger partial charge in [-0.15, -0.1) is 0 Å². The van der Waals surface area contributed by atoms with Gasteiger partial charge in [-0.3, -0.25) is 14.6 Å². The highest BCUT2D eigenvalue weighted by Crippen LogP contribution is 2.48. The lowest BCUT2D eigenvalue weighted by molar-refractivity contribution is -0.122. The predicted octanol–water partition coefficient (Wildman–Crippen LogP) is 5.01. The largest absolute Gasteiger partial charge is 0.399 e. The molecule has 0 spiro atoms. The number of fused-ring (bicyclic) bond motifs is 2. The Morgan fingerprint density at radius 1 is 1.22 bits per heavy atom. The van der Waals surface area contributed by atoms with Crippen LogP contribution in [-0.2, 0) is 9.63 Å². The number of oxime groups is 1. The molecule has 2 fully saturated rings. The van der Waals surface area contributed by atoms with Crippen LogP contribution in [0.3, 0.4) is 0 Å². The van der Waals surface area contributed by atoms with E-state index in [2.05, 4.69) is 58.5 Å². The Balaban J connectivity index is 1.72. The van der Waals surface area contributed by atoms with E-state index in [1.165, 1.54) is 12.0 Å². The van der Waals surface area contributed by atoms with Gasteiger partial charge in [0.25, 0.3) is 0 Å². The van der Waals surface area contributed by atoms with Crippen LogP contribution in [0.5, 0.6) is 0 Å². The smallest absolute Gasteiger partial charge is 0.234 e. The van der Waals surface area contributed by atoms with E-state index in [0.717, 1.165) is 56.8 Å². The van der Waals surface area contributed by atoms with Crippen LogP contribution in [0.1, 0.15) is 50.5 Å². The van der Waals surface area contributed by atoms with E-state index in [0.29, 0.717) is 46.9 Å². The number of rotatable bonds is 14. The number of halogens is 2. The average Bonchev–Trinajstić information content (AvgIpc) is 3.14. The van der Waals surface area contributed by atoms with Gasteiger partial charge in [-0.05, 0) is 68.8 Å². The third kappa shape index (κ3) is 7.70. The van der Waals surface area contributed by atoms with Crippen molar-refractivity contribution < 1.29 is 9.63 Å². The highest BCUT2D eigenvalue weighted by molar-refractivity contribution is 7.80. The Kier molecular flexibility index (Phi) is 12.5. The van der Waals surface area contributed by atoms with Crippen molar-refractivity contribution >= 4 is 60.1 Å². The average molecular weight is 576 g/mol. The van der Waals surface area contributed by atoms with Gasteiger partial charge in [-0.1, -0.05) is 41.3 Å². The minimum Gasteiger partial charge on any atom is -0.399 e. The van der Waals surface area contributed by atoms with E-state index in [-0.39, 0.29) is 11.8 Å². The number of nitrogens with one attached hydrogen (secondary N) is 1. The summed E-state index contributed by atoms with van der Waals surface area (Å²) in [5, 5.41) is 8.59. The maximum Gasteiger partial charge on any atom is 0.234 e. The van der Waals surface area contributed by atoms with Gasteiger partial charge in [-0.2, -0.15) is 25.3 Å². The minimum absolute atomic E-state index is 0.0526. The first-order valence-corrected chi connectivity index (χ1v) is 15.0. The van der Waals surface area contributed by atoms with Gasteiger partial charge in [-0.25, -0.2) is 0 Å². The molecule has 1 amide bonds. The fourth-order valence-electron chi connectivity index (χ4n) is 6.02. The van der Waals surface area contributed by atoms with Gasteiger partial charge < -0.3 is 10.2 Å². The van der Waals surface area contributed by atoms with Crippen LogP contribution in [-0.4, -0.2) is 84.8 Å². The summed E-state index contributed by atoms with van der Waals surface area (Å²) in [6.45, 7) is 5.83. The van der Waals surface area contributed by atoms with Gasteiger partial charge >= 0.3 is 0 Å². The third-order valence-corrected chi connectivity index (χ3v) is 8.66. The zero-order valence-corrected chi connectivity index (χ0v) is 24.6. The van der Waals surface area contributed by atoms with Crippen molar-refractivity contribution in [2.24, 2.45) is 11.1 Å². The Morgan fingerprint density at radius 2 is 2.03 bits per heavy atom. The van der Waals surface area contributed by atoms with Crippen molar-refractivity contribution in [1.29, 1.82) is 0 Å². The Hall–Kier alpha value is -0.640. The summed E-state index contributed by atoms with van der Waals surface area (Å²) >= 11 is 21.2. The molecule has 0 radical (unpaired) electrons. The van der Waals surface area contributed by atoms with E-state index in [9.17, 15) is 4.79 Å². The molecule has 2 heterocycles. The summed E-state index contributed by atoms with van der Waals surface area (Å²) in [6.07, 6.45) is 5.27. The van der Waals surface area contributed by atoms with E-state index in [1.807, 2.05) is 12.1 Å². The maximum atomic E-state index is 12.2. The number of benzene rings is 1. The molecule has 0 aliphatic carbocycles. The van der Waals surface area contributed by atoms with E-state index >= 15 is 0 Å². The molecule has 0 aromatic heterocycles. The number of hydrogen-bond donors (Lipinski definition) is 3. The molecule has 1 aromatic rings. The lowest BCUT2D eigenvalue weighted by Crippen LogP contribution is -2.51. The first kappa shape index (κ1) is 29.9. The molecule has 6 nitrogen and oxygen atoms in total. The van der Waals surface area contributed by atoms with Crippen molar-refractivity contribution in [2.75, 3.05) is 51.3 Å². The summed E-state index contributed by atoms with van der Waals surface area (Å²) in [7, 11) is 1.63. The number of piperidine rings is 1. The van der Waals surface area contributed by atoms with Crippen LogP contribution < -0.4 is 5.32 Å². The standard InChI is InChI=1S/C26H40Cl2N4O2S2/c1-3-23(30-34-2)26-20(18-5-7-21(27)22(28)15-18)16-19-6-8-24(26)32(19)11-4-10-31(12-14-36)17-25(33)29-9-13-35/h5,7,15,19-20,24,26,35-36H,3-4,6,8-14,16-17H2,1-2H3,(H,29,33)/b30-23+/t19?,20-,24?,26-/m1/s1. The van der Waals surface area contributed by atoms with E-state index in [4.69, 9.17) is 28.0 Å². The summed E-state index contributed by atoms with van der Waals surface area (Å²) in [5.74, 6) is 2.03. The maximum absolute atomic E-state index is 12.2. The second kappa shape index (κ2) is 15.1. The first-order valence-electron chi connectivity index (χ1n) is 12.9. The number of carbonyl (C=O) groups is 1. The van der Waals surface area contributed by atoms with Crippen molar-refractivity contribution in [3.63, 3.8) is 0 Å². The van der Waals surface area contributed by atoms with Gasteiger partial charge in [0.1, 0.15) is 7.11 Å². The molecule has 2 aliphatic rings. The molecule has 1 N–H and O–H groups in total. The Bertz CT molecular complexity index is 892. The quantitative estimate of drug-likeness (QED) is 0.166. The number of hydrogen-bond acceptors (Lipinski definition) is 7. The van der Waals surface area contributed by atoms with Gasteiger partial charge in [0.15, 0.2) is 0 Å². The number of thiol groups is 2. The second-order valence-corrected chi connectivity index (χ2v) is 11.3. The number of carbonyl (C=O) groups excluding carboxylic acids is 1. The predicted molar refractivity (Wildman–Crippen MR) is 157 cm³/mol. The molecule has 10 heteroatoms. The molecule has 36 heavy (non-hydrogen) atoms. The molecule has 1 aromatic carbocycles. The van der Waals surface area contributed by atoms with E-state index < -0.39 is 0 Å². The topological polar surface area (TPSA) is 57.2 Å². The molecule has 4 atom stereocenters. The van der Waals surface area contributed by atoms with Crippen LogP contribution in [0.15, 0.2) is 23.4 Å². The summed E-state index contributed by atoms with van der Waals surface area (Å²) in [4.78, 5) is 22.4. The van der Waals surface area contributed by atoms with Crippen LogP contribution >= 0.6 is 48.5 Å². The summed E-state index contributed by atoms with van der Waals surface area (Å²) in [5.41, 5.74) is 2.34. The molecule has 2 aliphatic heterocycles. The lowest BCUT2D eigenvalue weighted by atomic mass is 9.73. The number of nitrogens with zero attached hydrogens (tertiary/aromatic N) is 3. The van der Waals surface area contributed by atoms with Gasteiger partial charge in [0.05, 0.1) is 22.3 Å². The van der Waals surface area contributed by atoms with Crippen LogP contribution in [0, 0.1) is 5.92 Å². The molecule has 202 valence electrons. The zero-order chi connectivity index (χ0) is 26.1. The number of amides is 1. The van der Waals surface area contributed by atoms with Gasteiger partial charge in [0, 0.05) is 42.6 Å². The van der Waals surface area contributed by atoms with Crippen molar-refractivity contribution in [3.8, 4) is 0 Å². The van der Waals surface area contributed by atoms with Crippen molar-refractivity contribution in [1.82, 2.24) is 15.1 Å².